The molecule has 88 valence electrons. The number of carbonyl (C=O) groups is 1. The van der Waals surface area contributed by atoms with E-state index in [0.717, 1.165) is 4.88 Å². The van der Waals surface area contributed by atoms with Crippen molar-refractivity contribution >= 4 is 34.5 Å². The molecule has 0 fully saturated rings. The van der Waals surface area contributed by atoms with Crippen LogP contribution in [-0.4, -0.2) is 11.0 Å². The summed E-state index contributed by atoms with van der Waals surface area (Å²) in [5.74, 6) is -0.158. The number of anilines is 1. The van der Waals surface area contributed by atoms with Crippen molar-refractivity contribution in [2.45, 2.75) is 6.42 Å². The normalized spacial score (nSPS) is 10.2. The van der Waals surface area contributed by atoms with Crippen LogP contribution in [-0.2, 0) is 11.2 Å². The Hall–Kier alpha value is -1.52. The molecule has 0 aliphatic heterocycles. The Labute approximate surface area is 108 Å². The van der Waals surface area contributed by atoms with E-state index in [1.54, 1.807) is 6.07 Å². The Kier molecular flexibility index (Phi) is 3.66. The van der Waals surface area contributed by atoms with Crippen LogP contribution in [0.2, 0.25) is 5.02 Å². The predicted molar refractivity (Wildman–Crippen MR) is 69.8 cm³/mol. The van der Waals surface area contributed by atoms with Crippen LogP contribution >= 0.6 is 22.9 Å². The quantitative estimate of drug-likeness (QED) is 0.897. The highest BCUT2D eigenvalue weighted by atomic mass is 35.5. The summed E-state index contributed by atoms with van der Waals surface area (Å²) in [5.41, 5.74) is 0.536. The number of carbonyl (C=O) groups excluding carboxylic acids is 1. The van der Waals surface area contributed by atoms with E-state index < -0.39 is 0 Å². The van der Waals surface area contributed by atoms with E-state index in [1.807, 2.05) is 17.5 Å². The first-order valence-corrected chi connectivity index (χ1v) is 6.21. The number of phenols is 1. The number of amides is 1. The topological polar surface area (TPSA) is 49.3 Å². The zero-order chi connectivity index (χ0) is 12.3. The monoisotopic (exact) mass is 267 g/mol. The van der Waals surface area contributed by atoms with Gasteiger partial charge >= 0.3 is 0 Å². The molecule has 1 aromatic heterocycles. The second-order valence-corrected chi connectivity index (χ2v) is 4.91. The lowest BCUT2D eigenvalue weighted by atomic mass is 10.2. The maximum Gasteiger partial charge on any atom is 0.229 e. The molecule has 0 bridgehead atoms. The van der Waals surface area contributed by atoms with Crippen LogP contribution < -0.4 is 5.32 Å². The highest BCUT2D eigenvalue weighted by molar-refractivity contribution is 7.10. The maximum absolute atomic E-state index is 11.7. The zero-order valence-corrected chi connectivity index (χ0v) is 10.4. The van der Waals surface area contributed by atoms with E-state index in [0.29, 0.717) is 12.1 Å². The number of hydrogen-bond acceptors (Lipinski definition) is 3. The highest BCUT2D eigenvalue weighted by Gasteiger charge is 2.06. The Morgan fingerprint density at radius 1 is 1.41 bits per heavy atom. The van der Waals surface area contributed by atoms with E-state index >= 15 is 0 Å². The van der Waals surface area contributed by atoms with E-state index in [4.69, 9.17) is 11.6 Å². The number of phenolic OH excluding ortho intramolecular Hbond substituents is 1. The molecule has 0 saturated carbocycles. The Bertz CT molecular complexity index is 525. The minimum absolute atomic E-state index is 0.0411. The number of halogens is 1. The van der Waals surface area contributed by atoms with Crippen molar-refractivity contribution in [3.05, 3.63) is 45.6 Å². The lowest BCUT2D eigenvalue weighted by molar-refractivity contribution is -0.115. The molecule has 2 N–H and O–H groups in total. The first kappa shape index (κ1) is 12.0. The number of thiophene rings is 1. The molecule has 1 amide bonds. The molecule has 2 aromatic rings. The van der Waals surface area contributed by atoms with Gasteiger partial charge in [0.25, 0.3) is 0 Å². The van der Waals surface area contributed by atoms with Crippen LogP contribution in [0.5, 0.6) is 5.75 Å². The van der Waals surface area contributed by atoms with Gasteiger partial charge in [-0.15, -0.1) is 11.3 Å². The predicted octanol–water partition coefficient (Wildman–Crippen LogP) is 3.29. The van der Waals surface area contributed by atoms with Crippen LogP contribution in [0.15, 0.2) is 35.7 Å². The first-order valence-electron chi connectivity index (χ1n) is 4.96. The summed E-state index contributed by atoms with van der Waals surface area (Å²) in [4.78, 5) is 12.7. The summed E-state index contributed by atoms with van der Waals surface area (Å²) in [6, 6.07) is 8.42. The first-order chi connectivity index (χ1) is 8.15. The van der Waals surface area contributed by atoms with Gasteiger partial charge in [-0.3, -0.25) is 4.79 Å². The van der Waals surface area contributed by atoms with Crippen molar-refractivity contribution in [3.8, 4) is 5.75 Å². The third-order valence-corrected chi connectivity index (χ3v) is 3.34. The van der Waals surface area contributed by atoms with Crippen molar-refractivity contribution in [1.82, 2.24) is 0 Å². The molecule has 2 rings (SSSR count). The molecule has 17 heavy (non-hydrogen) atoms. The van der Waals surface area contributed by atoms with Crippen molar-refractivity contribution < 1.29 is 9.90 Å². The van der Waals surface area contributed by atoms with Gasteiger partial charge in [-0.1, -0.05) is 17.7 Å². The smallest absolute Gasteiger partial charge is 0.229 e. The molecule has 0 radical (unpaired) electrons. The zero-order valence-electron chi connectivity index (χ0n) is 8.81. The van der Waals surface area contributed by atoms with E-state index in [9.17, 15) is 9.90 Å². The molecular weight excluding hydrogens is 258 g/mol. The van der Waals surface area contributed by atoms with Gasteiger partial charge < -0.3 is 10.4 Å². The second kappa shape index (κ2) is 5.21. The molecule has 0 spiro atoms. The van der Waals surface area contributed by atoms with Gasteiger partial charge in [-0.05, 0) is 23.6 Å². The summed E-state index contributed by atoms with van der Waals surface area (Å²) >= 11 is 7.21. The van der Waals surface area contributed by atoms with Gasteiger partial charge in [0.05, 0.1) is 11.4 Å². The van der Waals surface area contributed by atoms with Crippen LogP contribution in [0.25, 0.3) is 0 Å². The number of nitrogens with one attached hydrogen (secondary N) is 1. The van der Waals surface area contributed by atoms with Crippen LogP contribution in [0.4, 0.5) is 5.69 Å². The van der Waals surface area contributed by atoms with Crippen LogP contribution in [0.1, 0.15) is 4.88 Å². The molecule has 0 aliphatic rings. The Balaban J connectivity index is 2.00. The minimum Gasteiger partial charge on any atom is -0.506 e. The lowest BCUT2D eigenvalue weighted by Crippen LogP contribution is -2.13. The molecule has 0 aliphatic carbocycles. The van der Waals surface area contributed by atoms with Crippen molar-refractivity contribution in [1.29, 1.82) is 0 Å². The van der Waals surface area contributed by atoms with Gasteiger partial charge in [0, 0.05) is 16.6 Å². The van der Waals surface area contributed by atoms with Gasteiger partial charge in [0.15, 0.2) is 0 Å². The van der Waals surface area contributed by atoms with Gasteiger partial charge in [-0.25, -0.2) is 0 Å². The third-order valence-electron chi connectivity index (χ3n) is 2.14. The summed E-state index contributed by atoms with van der Waals surface area (Å²) in [7, 11) is 0. The van der Waals surface area contributed by atoms with E-state index in [-0.39, 0.29) is 16.7 Å². The summed E-state index contributed by atoms with van der Waals surface area (Å²) in [5, 5.41) is 14.3. The fourth-order valence-corrected chi connectivity index (χ4v) is 2.19. The molecule has 0 unspecified atom stereocenters. The molecule has 1 heterocycles. The molecule has 5 heteroatoms. The molecule has 1 aromatic carbocycles. The number of rotatable bonds is 3. The summed E-state index contributed by atoms with van der Waals surface area (Å²) < 4.78 is 0. The van der Waals surface area contributed by atoms with Crippen molar-refractivity contribution in [3.63, 3.8) is 0 Å². The van der Waals surface area contributed by atoms with Crippen molar-refractivity contribution in [2.75, 3.05) is 5.32 Å². The average molecular weight is 268 g/mol. The van der Waals surface area contributed by atoms with E-state index in [2.05, 4.69) is 5.32 Å². The fourth-order valence-electron chi connectivity index (χ4n) is 1.37. The molecular formula is C12H10ClNO2S. The maximum atomic E-state index is 11.7. The van der Waals surface area contributed by atoms with Gasteiger partial charge in [-0.2, -0.15) is 0 Å². The van der Waals surface area contributed by atoms with Gasteiger partial charge in [0.2, 0.25) is 5.91 Å². The highest BCUT2D eigenvalue weighted by Crippen LogP contribution is 2.26. The summed E-state index contributed by atoms with van der Waals surface area (Å²) in [6.07, 6.45) is 0.334. The number of benzene rings is 1. The summed E-state index contributed by atoms with van der Waals surface area (Å²) in [6.45, 7) is 0. The number of hydrogen-bond donors (Lipinski definition) is 2. The third kappa shape index (κ3) is 3.22. The fraction of sp³-hybridized carbons (Fsp3) is 0.0833. The molecule has 0 atom stereocenters. The SMILES string of the molecule is O=C(Cc1cccs1)Nc1ccc(Cl)c(O)c1. The molecule has 0 saturated heterocycles. The van der Waals surface area contributed by atoms with Crippen molar-refractivity contribution in [2.24, 2.45) is 0 Å². The van der Waals surface area contributed by atoms with E-state index in [1.165, 1.54) is 23.5 Å². The van der Waals surface area contributed by atoms with Crippen LogP contribution in [0, 0.1) is 0 Å². The Morgan fingerprint density at radius 3 is 2.88 bits per heavy atom. The lowest BCUT2D eigenvalue weighted by Gasteiger charge is -2.05. The number of aromatic hydroxyl groups is 1. The average Bonchev–Trinajstić information content (AvgIpc) is 2.76. The van der Waals surface area contributed by atoms with Gasteiger partial charge in [0.1, 0.15) is 5.75 Å². The Morgan fingerprint density at radius 2 is 2.24 bits per heavy atom. The molecule has 3 nitrogen and oxygen atoms in total. The minimum atomic E-state index is -0.117. The second-order valence-electron chi connectivity index (χ2n) is 3.47. The largest absolute Gasteiger partial charge is 0.506 e. The standard InChI is InChI=1S/C12H10ClNO2S/c13-10-4-3-8(6-11(10)15)14-12(16)7-9-2-1-5-17-9/h1-6,15H,7H2,(H,14,16). The van der Waals surface area contributed by atoms with Crippen LogP contribution in [0.3, 0.4) is 0 Å².